The first-order valence-electron chi connectivity index (χ1n) is 13.8. The van der Waals surface area contributed by atoms with Gasteiger partial charge in [-0.05, 0) is 47.3 Å². The summed E-state index contributed by atoms with van der Waals surface area (Å²) in [6.45, 7) is 3.71. The van der Waals surface area contributed by atoms with Gasteiger partial charge in [0.25, 0.3) is 0 Å². The SMILES string of the molecule is COc1cc(N2CCCN(c3ccc(N=Nc4n(C)nc[n+]4C)c(OC)c3)CCC2)ccc1N=Nc1n(C)nc[n+]1C.[CH3-].[CH3-]. The summed E-state index contributed by atoms with van der Waals surface area (Å²) in [5.41, 5.74) is 3.57. The minimum Gasteiger partial charge on any atom is -0.494 e. The van der Waals surface area contributed by atoms with Crippen LogP contribution in [0.1, 0.15) is 12.8 Å². The maximum atomic E-state index is 5.67. The Morgan fingerprint density at radius 1 is 0.636 bits per heavy atom. The first kappa shape index (κ1) is 33.6. The predicted molar refractivity (Wildman–Crippen MR) is 170 cm³/mol. The Balaban J connectivity index is 0.00000264. The highest BCUT2D eigenvalue weighted by Crippen LogP contribution is 2.35. The Morgan fingerprint density at radius 2 is 1.02 bits per heavy atom. The standard InChI is InChI=1S/C28H38N12O2.2CH3/c1-35-19-29-37(3)27(35)33-31-23-11-9-21(17-25(23)41-5)39-13-7-15-40(16-8-14-39)22-10-12-24(26(18-22)42-6)32-34-28-36(2)20-30-38(28)4;;/h9-12,17-20H,7-8,13-16H2,1-6H3;2*1H3/q+2;2*-1. The van der Waals surface area contributed by atoms with Crippen LogP contribution in [0.25, 0.3) is 0 Å². The molecule has 2 aromatic carbocycles. The maximum absolute atomic E-state index is 5.67. The van der Waals surface area contributed by atoms with Crippen molar-refractivity contribution in [3.63, 3.8) is 0 Å². The Morgan fingerprint density at radius 3 is 1.34 bits per heavy atom. The van der Waals surface area contributed by atoms with E-state index in [9.17, 15) is 0 Å². The van der Waals surface area contributed by atoms with E-state index >= 15 is 0 Å². The zero-order chi connectivity index (χ0) is 29.6. The molecule has 0 N–H and O–H groups in total. The van der Waals surface area contributed by atoms with E-state index in [0.717, 1.165) is 50.4 Å². The van der Waals surface area contributed by atoms with Crippen molar-refractivity contribution >= 4 is 34.6 Å². The molecule has 0 amide bonds. The lowest BCUT2D eigenvalue weighted by Gasteiger charge is -2.33. The molecule has 4 aromatic rings. The van der Waals surface area contributed by atoms with Gasteiger partial charge in [-0.25, -0.2) is 9.13 Å². The molecule has 44 heavy (non-hydrogen) atoms. The average Bonchev–Trinajstić information content (AvgIpc) is 3.48. The highest BCUT2D eigenvalue weighted by Gasteiger charge is 2.19. The van der Waals surface area contributed by atoms with E-state index in [-0.39, 0.29) is 14.9 Å². The highest BCUT2D eigenvalue weighted by molar-refractivity contribution is 5.63. The van der Waals surface area contributed by atoms with E-state index in [1.165, 1.54) is 0 Å². The van der Waals surface area contributed by atoms with Gasteiger partial charge in [-0.3, -0.25) is 0 Å². The molecule has 14 nitrogen and oxygen atoms in total. The second kappa shape index (κ2) is 15.0. The van der Waals surface area contributed by atoms with Gasteiger partial charge in [0.1, 0.15) is 22.9 Å². The summed E-state index contributed by atoms with van der Waals surface area (Å²) in [7, 11) is 10.8. The Hall–Kier alpha value is -4.88. The molecule has 0 unspecified atom stereocenters. The molecular formula is C30H44N12O2. The summed E-state index contributed by atoms with van der Waals surface area (Å²) in [5, 5.41) is 25.9. The molecule has 0 atom stereocenters. The number of hydrogen-bond acceptors (Lipinski definition) is 10. The van der Waals surface area contributed by atoms with Crippen LogP contribution in [-0.2, 0) is 28.2 Å². The molecule has 1 aliphatic rings. The number of methoxy groups -OCH3 is 2. The Labute approximate surface area is 259 Å². The first-order valence-corrected chi connectivity index (χ1v) is 13.8. The summed E-state index contributed by atoms with van der Waals surface area (Å²) in [5.74, 6) is 2.66. The molecule has 2 aromatic heterocycles. The molecule has 236 valence electrons. The summed E-state index contributed by atoms with van der Waals surface area (Å²) in [6.07, 6.45) is 5.39. The van der Waals surface area contributed by atoms with E-state index in [2.05, 4.69) is 52.6 Å². The van der Waals surface area contributed by atoms with Gasteiger partial charge in [0.2, 0.25) is 12.7 Å². The summed E-state index contributed by atoms with van der Waals surface area (Å²) < 4.78 is 18.3. The fourth-order valence-corrected chi connectivity index (χ4v) is 4.98. The molecule has 0 aliphatic carbocycles. The molecule has 0 bridgehead atoms. The number of ether oxygens (including phenoxy) is 2. The fraction of sp³-hybridized carbons (Fsp3) is 0.400. The van der Waals surface area contributed by atoms with Crippen LogP contribution >= 0.6 is 0 Å². The smallest absolute Gasteiger partial charge is 0.403 e. The molecule has 5 rings (SSSR count). The normalized spacial score (nSPS) is 13.9. The van der Waals surface area contributed by atoms with Gasteiger partial charge in [0.15, 0.2) is 0 Å². The van der Waals surface area contributed by atoms with Gasteiger partial charge in [-0.15, -0.1) is 9.36 Å². The fourth-order valence-electron chi connectivity index (χ4n) is 4.98. The molecule has 1 aliphatic heterocycles. The van der Waals surface area contributed by atoms with Gasteiger partial charge in [0, 0.05) is 59.9 Å². The minimum atomic E-state index is 0. The second-order valence-corrected chi connectivity index (χ2v) is 10.1. The molecule has 1 fully saturated rings. The van der Waals surface area contributed by atoms with Crippen molar-refractivity contribution in [2.45, 2.75) is 12.8 Å². The van der Waals surface area contributed by atoms with Crippen LogP contribution in [0.5, 0.6) is 11.5 Å². The third-order valence-corrected chi connectivity index (χ3v) is 7.27. The van der Waals surface area contributed by atoms with Crippen molar-refractivity contribution in [2.24, 2.45) is 48.6 Å². The third-order valence-electron chi connectivity index (χ3n) is 7.27. The summed E-state index contributed by atoms with van der Waals surface area (Å²) in [6, 6.07) is 12.2. The lowest BCUT2D eigenvalue weighted by Crippen LogP contribution is -2.36. The average molecular weight is 605 g/mol. The lowest BCUT2D eigenvalue weighted by atomic mass is 10.1. The van der Waals surface area contributed by atoms with Gasteiger partial charge >= 0.3 is 11.9 Å². The first-order chi connectivity index (χ1) is 20.4. The van der Waals surface area contributed by atoms with Crippen molar-refractivity contribution in [3.8, 4) is 11.5 Å². The highest BCUT2D eigenvalue weighted by atomic mass is 16.5. The zero-order valence-electron chi connectivity index (χ0n) is 27.0. The van der Waals surface area contributed by atoms with E-state index < -0.39 is 0 Å². The van der Waals surface area contributed by atoms with Gasteiger partial charge in [0.05, 0.1) is 42.4 Å². The van der Waals surface area contributed by atoms with Crippen molar-refractivity contribution in [1.29, 1.82) is 0 Å². The predicted octanol–water partition coefficient (Wildman–Crippen LogP) is 4.66. The minimum absolute atomic E-state index is 0. The number of benzene rings is 2. The zero-order valence-corrected chi connectivity index (χ0v) is 27.0. The summed E-state index contributed by atoms with van der Waals surface area (Å²) >= 11 is 0. The van der Waals surface area contributed by atoms with Crippen LogP contribution in [0.4, 0.5) is 34.6 Å². The summed E-state index contributed by atoms with van der Waals surface area (Å²) in [4.78, 5) is 4.81. The van der Waals surface area contributed by atoms with Crippen LogP contribution in [-0.4, -0.2) is 60.0 Å². The van der Waals surface area contributed by atoms with Gasteiger partial charge in [-0.2, -0.15) is 0 Å². The van der Waals surface area contributed by atoms with E-state index in [1.54, 1.807) is 36.2 Å². The van der Waals surface area contributed by atoms with Gasteiger partial charge in [-0.1, -0.05) is 10.2 Å². The number of rotatable bonds is 8. The third kappa shape index (κ3) is 7.36. The Bertz CT molecular complexity index is 1430. The van der Waals surface area contributed by atoms with Crippen LogP contribution in [0, 0.1) is 14.9 Å². The van der Waals surface area contributed by atoms with Crippen molar-refractivity contribution in [1.82, 2.24) is 19.6 Å². The molecule has 0 spiro atoms. The quantitative estimate of drug-likeness (QED) is 0.164. The monoisotopic (exact) mass is 604 g/mol. The molecule has 0 saturated carbocycles. The molecule has 3 heterocycles. The van der Waals surface area contributed by atoms with Crippen molar-refractivity contribution < 1.29 is 18.6 Å². The van der Waals surface area contributed by atoms with E-state index in [0.29, 0.717) is 34.8 Å². The number of aromatic nitrogens is 6. The largest absolute Gasteiger partial charge is 0.494 e. The molecule has 14 heteroatoms. The number of aryl methyl sites for hydroxylation is 4. The molecule has 1 saturated heterocycles. The Kier molecular flexibility index (Phi) is 11.5. The maximum Gasteiger partial charge on any atom is 0.403 e. The lowest BCUT2D eigenvalue weighted by molar-refractivity contribution is -0.659. The van der Waals surface area contributed by atoms with Crippen molar-refractivity contribution in [2.75, 3.05) is 50.2 Å². The molecule has 0 radical (unpaired) electrons. The number of anilines is 2. The van der Waals surface area contributed by atoms with Gasteiger partial charge < -0.3 is 34.1 Å². The number of nitrogens with zero attached hydrogens (tertiary/aromatic N) is 12. The van der Waals surface area contributed by atoms with Crippen LogP contribution < -0.4 is 28.4 Å². The van der Waals surface area contributed by atoms with Crippen LogP contribution in [0.3, 0.4) is 0 Å². The van der Waals surface area contributed by atoms with Crippen molar-refractivity contribution in [3.05, 3.63) is 63.9 Å². The van der Waals surface area contributed by atoms with Crippen LogP contribution in [0.15, 0.2) is 69.5 Å². The number of hydrogen-bond donors (Lipinski definition) is 0. The van der Waals surface area contributed by atoms with E-state index in [4.69, 9.17) is 9.47 Å². The van der Waals surface area contributed by atoms with Crippen LogP contribution in [0.2, 0.25) is 0 Å². The second-order valence-electron chi connectivity index (χ2n) is 10.1. The molecular weight excluding hydrogens is 560 g/mol. The topological polar surface area (TPSA) is 118 Å². The number of azo groups is 2. The van der Waals surface area contributed by atoms with E-state index in [1.807, 2.05) is 61.6 Å².